The number of aliphatic hydroxyl groups is 2. The summed E-state index contributed by atoms with van der Waals surface area (Å²) in [5.41, 5.74) is 5.49. The van der Waals surface area contributed by atoms with Crippen molar-refractivity contribution in [3.63, 3.8) is 0 Å². The van der Waals surface area contributed by atoms with Gasteiger partial charge in [0.05, 0.1) is 19.0 Å². The van der Waals surface area contributed by atoms with Crippen LogP contribution in [0, 0.1) is 0 Å². The van der Waals surface area contributed by atoms with Crippen molar-refractivity contribution in [2.24, 2.45) is 0 Å². The standard InChI is InChI=1S/C9H13N5O3/c10-9-12-7-6(8(17)13-9)11-4-14(7)5(3-16)1-2-15/h4-5,15-16H,1-3H2,(H3,10,12,13,17)/t5-/m1/s1. The van der Waals surface area contributed by atoms with Crippen LogP contribution in [-0.2, 0) is 0 Å². The van der Waals surface area contributed by atoms with E-state index < -0.39 is 5.56 Å². The molecule has 0 amide bonds. The number of hydrogen-bond acceptors (Lipinski definition) is 6. The Morgan fingerprint density at radius 2 is 2.29 bits per heavy atom. The molecule has 0 saturated heterocycles. The van der Waals surface area contributed by atoms with Crippen molar-refractivity contribution in [1.29, 1.82) is 0 Å². The summed E-state index contributed by atoms with van der Waals surface area (Å²) in [6.07, 6.45) is 1.75. The number of fused-ring (bicyclic) bond motifs is 1. The van der Waals surface area contributed by atoms with E-state index in [-0.39, 0.29) is 30.7 Å². The molecule has 0 bridgehead atoms. The van der Waals surface area contributed by atoms with Gasteiger partial charge in [0.1, 0.15) is 0 Å². The number of nitrogens with one attached hydrogen (secondary N) is 1. The number of H-pyrrole nitrogens is 1. The maximum Gasteiger partial charge on any atom is 0.280 e. The summed E-state index contributed by atoms with van der Waals surface area (Å²) in [6, 6.07) is -0.376. The van der Waals surface area contributed by atoms with Gasteiger partial charge in [-0.2, -0.15) is 4.98 Å². The SMILES string of the molecule is Nc1nc2c(ncn2[C@@H](CO)CCO)c(=O)[nH]1. The van der Waals surface area contributed by atoms with Gasteiger partial charge in [0.2, 0.25) is 5.95 Å². The zero-order chi connectivity index (χ0) is 12.4. The van der Waals surface area contributed by atoms with E-state index in [4.69, 9.17) is 10.8 Å². The Kier molecular flexibility index (Phi) is 3.07. The van der Waals surface area contributed by atoms with Gasteiger partial charge in [-0.3, -0.25) is 9.78 Å². The topological polar surface area (TPSA) is 130 Å². The average Bonchev–Trinajstić information content (AvgIpc) is 2.69. The minimum atomic E-state index is -0.424. The van der Waals surface area contributed by atoms with E-state index in [0.29, 0.717) is 12.1 Å². The molecule has 2 heterocycles. The second-order valence-electron chi connectivity index (χ2n) is 3.62. The van der Waals surface area contributed by atoms with Gasteiger partial charge in [-0.15, -0.1) is 0 Å². The van der Waals surface area contributed by atoms with E-state index in [1.807, 2.05) is 0 Å². The Labute approximate surface area is 95.7 Å². The largest absolute Gasteiger partial charge is 0.396 e. The Bertz CT molecular complexity index is 576. The first-order chi connectivity index (χ1) is 8.17. The van der Waals surface area contributed by atoms with Crippen LogP contribution in [0.3, 0.4) is 0 Å². The third-order valence-corrected chi connectivity index (χ3v) is 2.52. The second-order valence-corrected chi connectivity index (χ2v) is 3.62. The summed E-state index contributed by atoms with van der Waals surface area (Å²) in [5, 5.41) is 18.1. The lowest BCUT2D eigenvalue weighted by Gasteiger charge is -2.14. The summed E-state index contributed by atoms with van der Waals surface area (Å²) in [6.45, 7) is -0.260. The molecule has 0 unspecified atom stereocenters. The molecule has 0 spiro atoms. The lowest BCUT2D eigenvalue weighted by molar-refractivity contribution is 0.188. The molecule has 2 aromatic rings. The van der Waals surface area contributed by atoms with Crippen LogP contribution in [0.25, 0.3) is 11.2 Å². The lowest BCUT2D eigenvalue weighted by atomic mass is 10.2. The van der Waals surface area contributed by atoms with Crippen molar-refractivity contribution in [2.45, 2.75) is 12.5 Å². The summed E-state index contributed by atoms with van der Waals surface area (Å²) in [5.74, 6) is -0.00932. The van der Waals surface area contributed by atoms with Crippen LogP contribution >= 0.6 is 0 Å². The number of nitrogens with zero attached hydrogens (tertiary/aromatic N) is 3. The fourth-order valence-electron chi connectivity index (χ4n) is 1.68. The van der Waals surface area contributed by atoms with Crippen molar-refractivity contribution in [2.75, 3.05) is 18.9 Å². The number of imidazole rings is 1. The van der Waals surface area contributed by atoms with Gasteiger partial charge in [0.15, 0.2) is 11.2 Å². The third-order valence-electron chi connectivity index (χ3n) is 2.52. The predicted octanol–water partition coefficient (Wildman–Crippen LogP) is -1.38. The maximum absolute atomic E-state index is 11.5. The molecule has 0 radical (unpaired) electrons. The highest BCUT2D eigenvalue weighted by atomic mass is 16.3. The maximum atomic E-state index is 11.5. The van der Waals surface area contributed by atoms with Crippen molar-refractivity contribution in [3.05, 3.63) is 16.7 Å². The van der Waals surface area contributed by atoms with E-state index in [9.17, 15) is 9.90 Å². The Balaban J connectivity index is 2.58. The first kappa shape index (κ1) is 11.6. The number of rotatable bonds is 4. The molecule has 0 aliphatic carbocycles. The minimum absolute atomic E-state index is 0.00932. The summed E-state index contributed by atoms with van der Waals surface area (Å²) in [7, 11) is 0. The van der Waals surface area contributed by atoms with Crippen molar-refractivity contribution in [3.8, 4) is 0 Å². The van der Waals surface area contributed by atoms with E-state index in [1.165, 1.54) is 10.9 Å². The van der Waals surface area contributed by atoms with Gasteiger partial charge in [-0.1, -0.05) is 0 Å². The molecular formula is C9H13N5O3. The normalized spacial score (nSPS) is 13.1. The zero-order valence-electron chi connectivity index (χ0n) is 9.00. The molecular weight excluding hydrogens is 226 g/mol. The van der Waals surface area contributed by atoms with Gasteiger partial charge in [-0.25, -0.2) is 4.98 Å². The molecule has 5 N–H and O–H groups in total. The van der Waals surface area contributed by atoms with Crippen molar-refractivity contribution < 1.29 is 10.2 Å². The molecule has 2 rings (SSSR count). The van der Waals surface area contributed by atoms with E-state index in [0.717, 1.165) is 0 Å². The fourth-order valence-corrected chi connectivity index (χ4v) is 1.68. The number of nitrogen functional groups attached to an aromatic ring is 1. The van der Waals surface area contributed by atoms with Crippen LogP contribution in [-0.4, -0.2) is 42.9 Å². The number of anilines is 1. The molecule has 1 atom stereocenters. The Morgan fingerprint density at radius 3 is 2.94 bits per heavy atom. The molecule has 0 aliphatic rings. The smallest absolute Gasteiger partial charge is 0.280 e. The van der Waals surface area contributed by atoms with Crippen LogP contribution in [0.5, 0.6) is 0 Å². The molecule has 0 saturated carbocycles. The molecule has 0 fully saturated rings. The van der Waals surface area contributed by atoms with Crippen LogP contribution in [0.4, 0.5) is 5.95 Å². The summed E-state index contributed by atoms with van der Waals surface area (Å²) < 4.78 is 1.54. The first-order valence-corrected chi connectivity index (χ1v) is 5.11. The predicted molar refractivity (Wildman–Crippen MR) is 60.4 cm³/mol. The van der Waals surface area contributed by atoms with Gasteiger partial charge in [0, 0.05) is 6.61 Å². The second kappa shape index (κ2) is 4.52. The first-order valence-electron chi connectivity index (χ1n) is 5.11. The molecule has 8 nitrogen and oxygen atoms in total. The zero-order valence-corrected chi connectivity index (χ0v) is 9.00. The van der Waals surface area contributed by atoms with Gasteiger partial charge in [-0.05, 0) is 6.42 Å². The van der Waals surface area contributed by atoms with E-state index in [1.54, 1.807) is 0 Å². The molecule has 0 aliphatic heterocycles. The average molecular weight is 239 g/mol. The molecule has 17 heavy (non-hydrogen) atoms. The molecule has 92 valence electrons. The fraction of sp³-hybridized carbons (Fsp3) is 0.444. The third kappa shape index (κ3) is 1.99. The van der Waals surface area contributed by atoms with Crippen LogP contribution in [0.15, 0.2) is 11.1 Å². The Morgan fingerprint density at radius 1 is 1.53 bits per heavy atom. The lowest BCUT2D eigenvalue weighted by Crippen LogP contribution is -2.17. The number of aliphatic hydroxyl groups excluding tert-OH is 2. The highest BCUT2D eigenvalue weighted by Gasteiger charge is 2.15. The van der Waals surface area contributed by atoms with Crippen LogP contribution in [0.2, 0.25) is 0 Å². The van der Waals surface area contributed by atoms with Gasteiger partial charge in [0.25, 0.3) is 5.56 Å². The highest BCUT2D eigenvalue weighted by molar-refractivity contribution is 5.70. The van der Waals surface area contributed by atoms with Crippen LogP contribution in [0.1, 0.15) is 12.5 Å². The van der Waals surface area contributed by atoms with Gasteiger partial charge < -0.3 is 20.5 Å². The number of aromatic nitrogens is 4. The minimum Gasteiger partial charge on any atom is -0.396 e. The quantitative estimate of drug-likeness (QED) is 0.520. The van der Waals surface area contributed by atoms with Crippen molar-refractivity contribution in [1.82, 2.24) is 19.5 Å². The number of nitrogens with two attached hydrogens (primary N) is 1. The molecule has 0 aromatic carbocycles. The number of hydrogen-bond donors (Lipinski definition) is 4. The monoisotopic (exact) mass is 239 g/mol. The molecule has 8 heteroatoms. The van der Waals surface area contributed by atoms with Crippen LogP contribution < -0.4 is 11.3 Å². The number of aromatic amines is 1. The Hall–Kier alpha value is -1.93. The summed E-state index contributed by atoms with van der Waals surface area (Å²) >= 11 is 0. The summed E-state index contributed by atoms with van der Waals surface area (Å²) in [4.78, 5) is 21.8. The van der Waals surface area contributed by atoms with Gasteiger partial charge >= 0.3 is 0 Å². The highest BCUT2D eigenvalue weighted by Crippen LogP contribution is 2.16. The van der Waals surface area contributed by atoms with E-state index in [2.05, 4.69) is 15.0 Å². The van der Waals surface area contributed by atoms with Crippen molar-refractivity contribution >= 4 is 17.1 Å². The molecule has 2 aromatic heterocycles. The van der Waals surface area contributed by atoms with E-state index >= 15 is 0 Å².